The van der Waals surface area contributed by atoms with E-state index in [0.29, 0.717) is 13.0 Å². The number of ether oxygens (including phenoxy) is 1. The van der Waals surface area contributed by atoms with Crippen LogP contribution in [0.2, 0.25) is 0 Å². The first kappa shape index (κ1) is 12.5. The number of esters is 1. The molecule has 0 heterocycles. The minimum atomic E-state index is -1.04. The molecule has 0 saturated carbocycles. The number of amides is 1. The number of carbonyl (C=O) groups is 2. The second-order valence-corrected chi connectivity index (χ2v) is 3.77. The SMILES string of the molecule is COC(=O)C1CCCC=C1CCNC(=O)O. The van der Waals surface area contributed by atoms with Crippen LogP contribution in [0.5, 0.6) is 0 Å². The molecule has 1 amide bonds. The molecule has 0 aromatic rings. The lowest BCUT2D eigenvalue weighted by atomic mass is 9.86. The standard InChI is InChI=1S/C11H17NO4/c1-16-10(13)9-5-3-2-4-8(9)6-7-12-11(14)15/h4,9,12H,2-3,5-7H2,1H3,(H,14,15). The van der Waals surface area contributed by atoms with Gasteiger partial charge in [-0.15, -0.1) is 0 Å². The first-order valence-electron chi connectivity index (χ1n) is 5.38. The normalized spacial score (nSPS) is 19.8. The van der Waals surface area contributed by atoms with Crippen molar-refractivity contribution in [1.29, 1.82) is 0 Å². The molecule has 0 aliphatic heterocycles. The van der Waals surface area contributed by atoms with Crippen LogP contribution < -0.4 is 5.32 Å². The van der Waals surface area contributed by atoms with Gasteiger partial charge in [0.15, 0.2) is 0 Å². The molecule has 0 aromatic heterocycles. The van der Waals surface area contributed by atoms with E-state index in [1.807, 2.05) is 6.08 Å². The Labute approximate surface area is 94.5 Å². The van der Waals surface area contributed by atoms with Crippen LogP contribution in [0.15, 0.2) is 11.6 Å². The largest absolute Gasteiger partial charge is 0.469 e. The number of nitrogens with one attached hydrogen (secondary N) is 1. The molecule has 0 fully saturated rings. The van der Waals surface area contributed by atoms with Gasteiger partial charge in [-0.25, -0.2) is 4.79 Å². The molecule has 5 nitrogen and oxygen atoms in total. The molecule has 1 aliphatic rings. The molecule has 2 N–H and O–H groups in total. The molecule has 0 radical (unpaired) electrons. The molecule has 0 spiro atoms. The summed E-state index contributed by atoms with van der Waals surface area (Å²) in [5, 5.41) is 10.7. The minimum Gasteiger partial charge on any atom is -0.469 e. The number of carboxylic acid groups (broad SMARTS) is 1. The zero-order chi connectivity index (χ0) is 12.0. The van der Waals surface area contributed by atoms with Gasteiger partial charge >= 0.3 is 12.1 Å². The molecule has 16 heavy (non-hydrogen) atoms. The summed E-state index contributed by atoms with van der Waals surface area (Å²) in [6.45, 7) is 0.342. The summed E-state index contributed by atoms with van der Waals surface area (Å²) in [6, 6.07) is 0. The summed E-state index contributed by atoms with van der Waals surface area (Å²) in [5.74, 6) is -0.407. The minimum absolute atomic E-state index is 0.186. The molecule has 90 valence electrons. The Morgan fingerprint density at radius 2 is 2.38 bits per heavy atom. The average molecular weight is 227 g/mol. The third-order valence-electron chi connectivity index (χ3n) is 2.73. The van der Waals surface area contributed by atoms with Crippen molar-refractivity contribution < 1.29 is 19.4 Å². The summed E-state index contributed by atoms with van der Waals surface area (Å²) in [7, 11) is 1.38. The van der Waals surface area contributed by atoms with Crippen LogP contribution in [0, 0.1) is 5.92 Å². The van der Waals surface area contributed by atoms with Crippen LogP contribution in [0.3, 0.4) is 0 Å². The number of hydrogen-bond donors (Lipinski definition) is 2. The molecule has 0 bridgehead atoms. The molecule has 1 rings (SSSR count). The number of allylic oxidation sites excluding steroid dienone is 1. The highest BCUT2D eigenvalue weighted by atomic mass is 16.5. The Hall–Kier alpha value is -1.52. The molecule has 0 aromatic carbocycles. The summed E-state index contributed by atoms with van der Waals surface area (Å²) in [4.78, 5) is 21.8. The van der Waals surface area contributed by atoms with Gasteiger partial charge < -0.3 is 15.2 Å². The van der Waals surface area contributed by atoms with Crippen molar-refractivity contribution >= 4 is 12.1 Å². The second-order valence-electron chi connectivity index (χ2n) is 3.77. The van der Waals surface area contributed by atoms with Crippen molar-refractivity contribution in [3.63, 3.8) is 0 Å². The van der Waals surface area contributed by atoms with Crippen LogP contribution in [0.4, 0.5) is 4.79 Å². The third-order valence-corrected chi connectivity index (χ3v) is 2.73. The molecule has 1 unspecified atom stereocenters. The molecular formula is C11H17NO4. The van der Waals surface area contributed by atoms with Crippen molar-refractivity contribution in [3.8, 4) is 0 Å². The second kappa shape index (κ2) is 6.15. The lowest BCUT2D eigenvalue weighted by Gasteiger charge is -2.22. The maximum absolute atomic E-state index is 11.5. The van der Waals surface area contributed by atoms with Gasteiger partial charge in [-0.3, -0.25) is 4.79 Å². The Bertz CT molecular complexity index is 298. The topological polar surface area (TPSA) is 75.6 Å². The van der Waals surface area contributed by atoms with E-state index in [9.17, 15) is 9.59 Å². The zero-order valence-electron chi connectivity index (χ0n) is 9.36. The fraction of sp³-hybridized carbons (Fsp3) is 0.636. The Kier molecular flexibility index (Phi) is 4.82. The number of carbonyl (C=O) groups excluding carboxylic acids is 1. The quantitative estimate of drug-likeness (QED) is 0.564. The van der Waals surface area contributed by atoms with E-state index in [4.69, 9.17) is 9.84 Å². The van der Waals surface area contributed by atoms with E-state index >= 15 is 0 Å². The van der Waals surface area contributed by atoms with Crippen molar-refractivity contribution in [2.24, 2.45) is 5.92 Å². The van der Waals surface area contributed by atoms with Gasteiger partial charge in [0.05, 0.1) is 13.0 Å². The van der Waals surface area contributed by atoms with E-state index in [2.05, 4.69) is 5.32 Å². The number of hydrogen-bond acceptors (Lipinski definition) is 3. The first-order valence-corrected chi connectivity index (χ1v) is 5.38. The summed E-state index contributed by atoms with van der Waals surface area (Å²) < 4.78 is 4.73. The van der Waals surface area contributed by atoms with E-state index < -0.39 is 6.09 Å². The highest BCUT2D eigenvalue weighted by molar-refractivity contribution is 5.76. The Balaban J connectivity index is 2.50. The lowest BCUT2D eigenvalue weighted by molar-refractivity contribution is -0.144. The molecular weight excluding hydrogens is 210 g/mol. The van der Waals surface area contributed by atoms with E-state index in [1.54, 1.807) is 0 Å². The van der Waals surface area contributed by atoms with Crippen molar-refractivity contribution in [3.05, 3.63) is 11.6 Å². The van der Waals surface area contributed by atoms with Crippen molar-refractivity contribution in [2.75, 3.05) is 13.7 Å². The summed E-state index contributed by atoms with van der Waals surface area (Å²) in [6.07, 6.45) is 4.30. The first-order chi connectivity index (χ1) is 7.65. The molecule has 0 saturated heterocycles. The predicted molar refractivity (Wildman–Crippen MR) is 58.1 cm³/mol. The van der Waals surface area contributed by atoms with Gasteiger partial charge in [-0.1, -0.05) is 11.6 Å². The zero-order valence-corrected chi connectivity index (χ0v) is 9.36. The van der Waals surface area contributed by atoms with Crippen LogP contribution >= 0.6 is 0 Å². The van der Waals surface area contributed by atoms with Crippen LogP contribution in [-0.4, -0.2) is 30.8 Å². The van der Waals surface area contributed by atoms with Crippen molar-refractivity contribution in [2.45, 2.75) is 25.7 Å². The predicted octanol–water partition coefficient (Wildman–Crippen LogP) is 1.54. The van der Waals surface area contributed by atoms with Gasteiger partial charge in [0.1, 0.15) is 0 Å². The highest BCUT2D eigenvalue weighted by Crippen LogP contribution is 2.27. The summed E-state index contributed by atoms with van der Waals surface area (Å²) in [5.41, 5.74) is 0.992. The van der Waals surface area contributed by atoms with Crippen LogP contribution in [0.1, 0.15) is 25.7 Å². The third kappa shape index (κ3) is 3.56. The van der Waals surface area contributed by atoms with Gasteiger partial charge in [-0.05, 0) is 25.7 Å². The van der Waals surface area contributed by atoms with Crippen LogP contribution in [0.25, 0.3) is 0 Å². The average Bonchev–Trinajstić information content (AvgIpc) is 2.28. The van der Waals surface area contributed by atoms with E-state index in [0.717, 1.165) is 24.8 Å². The maximum Gasteiger partial charge on any atom is 0.404 e. The maximum atomic E-state index is 11.5. The van der Waals surface area contributed by atoms with E-state index in [1.165, 1.54) is 7.11 Å². The number of methoxy groups -OCH3 is 1. The Morgan fingerprint density at radius 1 is 1.62 bits per heavy atom. The lowest BCUT2D eigenvalue weighted by Crippen LogP contribution is -2.26. The van der Waals surface area contributed by atoms with Gasteiger partial charge in [0.2, 0.25) is 0 Å². The van der Waals surface area contributed by atoms with Gasteiger partial charge in [0.25, 0.3) is 0 Å². The molecule has 1 aliphatic carbocycles. The highest BCUT2D eigenvalue weighted by Gasteiger charge is 2.25. The van der Waals surface area contributed by atoms with Crippen molar-refractivity contribution in [1.82, 2.24) is 5.32 Å². The Morgan fingerprint density at radius 3 is 3.00 bits per heavy atom. The molecule has 5 heteroatoms. The van der Waals surface area contributed by atoms with Gasteiger partial charge in [-0.2, -0.15) is 0 Å². The fourth-order valence-corrected chi connectivity index (χ4v) is 1.94. The smallest absolute Gasteiger partial charge is 0.404 e. The molecule has 1 atom stereocenters. The van der Waals surface area contributed by atoms with Gasteiger partial charge in [0, 0.05) is 6.54 Å². The summed E-state index contributed by atoms with van der Waals surface area (Å²) >= 11 is 0. The number of rotatable bonds is 4. The van der Waals surface area contributed by atoms with E-state index in [-0.39, 0.29) is 11.9 Å². The monoisotopic (exact) mass is 227 g/mol. The fourth-order valence-electron chi connectivity index (χ4n) is 1.94. The van der Waals surface area contributed by atoms with Crippen LogP contribution in [-0.2, 0) is 9.53 Å².